The minimum absolute atomic E-state index is 0.0481. The molecular weight excluding hydrogens is 502 g/mol. The minimum Gasteiger partial charge on any atom is -0.497 e. The lowest BCUT2D eigenvalue weighted by atomic mass is 9.78. The maximum absolute atomic E-state index is 13.7. The fraction of sp³-hybridized carbons (Fsp3) is 0.517. The molecule has 1 aliphatic carbocycles. The summed E-state index contributed by atoms with van der Waals surface area (Å²) in [6.07, 6.45) is 5.95. The largest absolute Gasteiger partial charge is 0.497 e. The van der Waals surface area contributed by atoms with Gasteiger partial charge in [-0.1, -0.05) is 37.1 Å². The summed E-state index contributed by atoms with van der Waals surface area (Å²) in [5.74, 6) is 0.315. The molecule has 2 aromatic carbocycles. The summed E-state index contributed by atoms with van der Waals surface area (Å²) in [4.78, 5) is 28.7. The average Bonchev–Trinajstić information content (AvgIpc) is 3.37. The summed E-state index contributed by atoms with van der Waals surface area (Å²) in [7, 11) is -2.07. The molecule has 3 aliphatic rings. The lowest BCUT2D eigenvalue weighted by Gasteiger charge is -2.39. The lowest BCUT2D eigenvalue weighted by Crippen LogP contribution is -2.50. The number of carbonyl (C=O) groups excluding carboxylic acids is 2. The molecule has 2 heterocycles. The topological polar surface area (TPSA) is 96.0 Å². The number of amides is 2. The molecule has 1 N–H and O–H groups in total. The van der Waals surface area contributed by atoms with E-state index in [4.69, 9.17) is 4.74 Å². The van der Waals surface area contributed by atoms with Gasteiger partial charge in [0.25, 0.3) is 5.91 Å². The van der Waals surface area contributed by atoms with Crippen molar-refractivity contribution >= 4 is 21.8 Å². The molecule has 2 amide bonds. The van der Waals surface area contributed by atoms with E-state index in [9.17, 15) is 18.0 Å². The van der Waals surface area contributed by atoms with Gasteiger partial charge in [0.2, 0.25) is 15.9 Å². The Kier molecular flexibility index (Phi) is 7.77. The molecule has 2 aromatic rings. The van der Waals surface area contributed by atoms with Gasteiger partial charge >= 0.3 is 0 Å². The van der Waals surface area contributed by atoms with Gasteiger partial charge in [0.05, 0.1) is 17.9 Å². The summed E-state index contributed by atoms with van der Waals surface area (Å²) < 4.78 is 33.2. The summed E-state index contributed by atoms with van der Waals surface area (Å²) in [5.41, 5.74) is 0.563. The Hall–Kier alpha value is -2.91. The third-order valence-electron chi connectivity index (χ3n) is 8.65. The summed E-state index contributed by atoms with van der Waals surface area (Å²) in [5, 5.41) is 3.14. The van der Waals surface area contributed by atoms with Gasteiger partial charge in [-0.2, -0.15) is 4.31 Å². The Morgan fingerprint density at radius 1 is 0.947 bits per heavy atom. The van der Waals surface area contributed by atoms with E-state index in [1.165, 1.54) is 7.11 Å². The van der Waals surface area contributed by atoms with Crippen molar-refractivity contribution in [1.29, 1.82) is 0 Å². The number of nitrogens with zero attached hydrogens (tertiary/aromatic N) is 2. The predicted molar refractivity (Wildman–Crippen MR) is 144 cm³/mol. The van der Waals surface area contributed by atoms with E-state index >= 15 is 0 Å². The first kappa shape index (κ1) is 26.7. The molecule has 9 heteroatoms. The van der Waals surface area contributed by atoms with Crippen LogP contribution in [0, 0.1) is 11.3 Å². The second kappa shape index (κ2) is 11.1. The first-order valence-corrected chi connectivity index (χ1v) is 15.0. The molecule has 2 atom stereocenters. The van der Waals surface area contributed by atoms with Crippen LogP contribution in [0.3, 0.4) is 0 Å². The Morgan fingerprint density at radius 3 is 2.39 bits per heavy atom. The van der Waals surface area contributed by atoms with Crippen LogP contribution in [0.2, 0.25) is 0 Å². The van der Waals surface area contributed by atoms with Crippen molar-refractivity contribution in [2.45, 2.75) is 55.9 Å². The Bertz CT molecular complexity index is 1260. The highest BCUT2D eigenvalue weighted by Crippen LogP contribution is 2.42. The maximum Gasteiger partial charge on any atom is 0.251 e. The van der Waals surface area contributed by atoms with E-state index in [-0.39, 0.29) is 34.1 Å². The maximum atomic E-state index is 13.7. The van der Waals surface area contributed by atoms with Crippen LogP contribution >= 0.6 is 0 Å². The number of methoxy groups -OCH3 is 1. The number of likely N-dealkylation sites (tertiary alicyclic amines) is 1. The van der Waals surface area contributed by atoms with Crippen LogP contribution in [0.1, 0.15) is 55.3 Å². The fourth-order valence-electron chi connectivity index (χ4n) is 6.32. The third kappa shape index (κ3) is 5.45. The Balaban J connectivity index is 1.20. The van der Waals surface area contributed by atoms with Gasteiger partial charge in [-0.3, -0.25) is 9.59 Å². The monoisotopic (exact) mass is 539 g/mol. The van der Waals surface area contributed by atoms with Gasteiger partial charge in [-0.25, -0.2) is 8.42 Å². The first-order valence-electron chi connectivity index (χ1n) is 13.6. The number of benzene rings is 2. The van der Waals surface area contributed by atoms with E-state index in [1.807, 2.05) is 23.1 Å². The zero-order valence-electron chi connectivity index (χ0n) is 22.0. The van der Waals surface area contributed by atoms with Crippen LogP contribution in [-0.2, 0) is 14.8 Å². The van der Waals surface area contributed by atoms with Crippen LogP contribution in [0.15, 0.2) is 59.5 Å². The summed E-state index contributed by atoms with van der Waals surface area (Å²) in [6.45, 7) is 2.24. The molecule has 0 radical (unpaired) electrons. The molecule has 2 saturated heterocycles. The lowest BCUT2D eigenvalue weighted by molar-refractivity contribution is -0.136. The van der Waals surface area contributed by atoms with Crippen molar-refractivity contribution in [3.8, 4) is 5.75 Å². The van der Waals surface area contributed by atoms with Gasteiger partial charge in [0.15, 0.2) is 0 Å². The zero-order chi connectivity index (χ0) is 26.8. The van der Waals surface area contributed by atoms with Crippen LogP contribution in [-0.4, -0.2) is 68.8 Å². The highest BCUT2D eigenvalue weighted by atomic mass is 32.2. The van der Waals surface area contributed by atoms with Gasteiger partial charge in [-0.05, 0) is 61.8 Å². The average molecular weight is 540 g/mol. The van der Waals surface area contributed by atoms with E-state index in [2.05, 4.69) is 5.32 Å². The second-order valence-corrected chi connectivity index (χ2v) is 12.9. The zero-order valence-corrected chi connectivity index (χ0v) is 22.8. The van der Waals surface area contributed by atoms with Crippen molar-refractivity contribution in [1.82, 2.24) is 14.5 Å². The molecule has 38 heavy (non-hydrogen) atoms. The number of nitrogens with one attached hydrogen (secondary N) is 1. The molecule has 5 rings (SSSR count). The third-order valence-corrected chi connectivity index (χ3v) is 10.5. The number of piperidine rings is 1. The Morgan fingerprint density at radius 2 is 1.66 bits per heavy atom. The number of hydrogen-bond acceptors (Lipinski definition) is 5. The highest BCUT2D eigenvalue weighted by molar-refractivity contribution is 7.89. The van der Waals surface area contributed by atoms with Gasteiger partial charge in [-0.15, -0.1) is 0 Å². The highest BCUT2D eigenvalue weighted by Gasteiger charge is 2.46. The summed E-state index contributed by atoms with van der Waals surface area (Å²) in [6, 6.07) is 15.6. The SMILES string of the molecule is COc1cccc(S(=O)(=O)N2CCC3(CCN(C(=O)C4CCCCC4NC(=O)c4ccccc4)C3)CC2)c1. The quantitative estimate of drug-likeness (QED) is 0.604. The van der Waals surface area contributed by atoms with Crippen LogP contribution < -0.4 is 10.1 Å². The van der Waals surface area contributed by atoms with Crippen molar-refractivity contribution in [3.05, 3.63) is 60.2 Å². The molecule has 8 nitrogen and oxygen atoms in total. The van der Waals surface area contributed by atoms with E-state index in [0.29, 0.717) is 37.5 Å². The van der Waals surface area contributed by atoms with Crippen molar-refractivity contribution in [2.75, 3.05) is 33.3 Å². The molecular formula is C29H37N3O5S. The van der Waals surface area contributed by atoms with Crippen LogP contribution in [0.4, 0.5) is 0 Å². The predicted octanol–water partition coefficient (Wildman–Crippen LogP) is 3.69. The van der Waals surface area contributed by atoms with E-state index in [1.54, 1.807) is 40.7 Å². The van der Waals surface area contributed by atoms with Crippen LogP contribution in [0.5, 0.6) is 5.75 Å². The van der Waals surface area contributed by atoms with Gasteiger partial charge in [0, 0.05) is 43.9 Å². The van der Waals surface area contributed by atoms with Crippen molar-refractivity contribution in [3.63, 3.8) is 0 Å². The van der Waals surface area contributed by atoms with Gasteiger partial charge in [0.1, 0.15) is 5.75 Å². The summed E-state index contributed by atoms with van der Waals surface area (Å²) >= 11 is 0. The molecule has 204 valence electrons. The van der Waals surface area contributed by atoms with Gasteiger partial charge < -0.3 is 15.0 Å². The molecule has 2 aliphatic heterocycles. The van der Waals surface area contributed by atoms with E-state index in [0.717, 1.165) is 44.9 Å². The molecule has 1 saturated carbocycles. The molecule has 0 bridgehead atoms. The Labute approximate surface area is 225 Å². The van der Waals surface area contributed by atoms with Crippen LogP contribution in [0.25, 0.3) is 0 Å². The fourth-order valence-corrected chi connectivity index (χ4v) is 7.79. The normalized spacial score (nSPS) is 23.8. The number of sulfonamides is 1. The molecule has 3 fully saturated rings. The molecule has 2 unspecified atom stereocenters. The number of carbonyl (C=O) groups is 2. The minimum atomic E-state index is -3.60. The van der Waals surface area contributed by atoms with E-state index < -0.39 is 10.0 Å². The second-order valence-electron chi connectivity index (χ2n) is 10.9. The molecule has 0 aromatic heterocycles. The first-order chi connectivity index (χ1) is 18.3. The number of ether oxygens (including phenoxy) is 1. The number of rotatable bonds is 6. The molecule has 1 spiro atoms. The number of hydrogen-bond donors (Lipinski definition) is 1. The van der Waals surface area contributed by atoms with Crippen molar-refractivity contribution in [2.24, 2.45) is 11.3 Å². The smallest absolute Gasteiger partial charge is 0.251 e. The van der Waals surface area contributed by atoms with Crippen molar-refractivity contribution < 1.29 is 22.7 Å². The standard InChI is InChI=1S/C29H37N3O5S/c1-37-23-10-7-11-24(20-23)38(35,36)32-18-15-29(16-19-32)14-17-31(21-29)28(34)25-12-5-6-13-26(25)30-27(33)22-8-3-2-4-9-22/h2-4,7-11,20,25-26H,5-6,12-19,21H2,1H3,(H,30,33).